The molecule has 16 heavy (non-hydrogen) atoms. The van der Waals surface area contributed by atoms with Gasteiger partial charge < -0.3 is 10.6 Å². The number of hydrogen-bond donors (Lipinski definition) is 1. The van der Waals surface area contributed by atoms with Crippen LogP contribution in [0.15, 0.2) is 0 Å². The van der Waals surface area contributed by atoms with Crippen LogP contribution in [0.4, 0.5) is 0 Å². The monoisotopic (exact) mass is 226 g/mol. The third-order valence-electron chi connectivity index (χ3n) is 3.68. The number of likely N-dealkylation sites (tertiary alicyclic amines) is 1. The molecule has 0 spiro atoms. The van der Waals surface area contributed by atoms with Crippen LogP contribution in [0.3, 0.4) is 0 Å². The number of nitrogens with zero attached hydrogens (tertiary/aromatic N) is 1. The lowest BCUT2D eigenvalue weighted by molar-refractivity contribution is -0.134. The quantitative estimate of drug-likeness (QED) is 0.781. The molecule has 0 aromatic rings. The molecule has 1 fully saturated rings. The Morgan fingerprint density at radius 1 is 1.38 bits per heavy atom. The van der Waals surface area contributed by atoms with Crippen LogP contribution in [0.25, 0.3) is 0 Å². The molecule has 3 nitrogen and oxygen atoms in total. The van der Waals surface area contributed by atoms with Gasteiger partial charge in [0.05, 0.1) is 6.04 Å². The van der Waals surface area contributed by atoms with Crippen molar-refractivity contribution in [2.75, 3.05) is 13.1 Å². The molecular formula is C13H26N2O. The molecule has 94 valence electrons. The van der Waals surface area contributed by atoms with Crippen LogP contribution in [0.1, 0.15) is 41.0 Å². The van der Waals surface area contributed by atoms with E-state index in [1.54, 1.807) is 0 Å². The average Bonchev–Trinajstić information content (AvgIpc) is 2.62. The molecule has 0 aliphatic carbocycles. The van der Waals surface area contributed by atoms with Gasteiger partial charge in [0.1, 0.15) is 0 Å². The number of rotatable bonds is 2. The molecule has 0 saturated carbocycles. The van der Waals surface area contributed by atoms with Crippen LogP contribution in [-0.4, -0.2) is 29.9 Å². The summed E-state index contributed by atoms with van der Waals surface area (Å²) in [6.45, 7) is 12.3. The molecule has 1 rings (SSSR count). The van der Waals surface area contributed by atoms with Crippen molar-refractivity contribution in [3.05, 3.63) is 0 Å². The second-order valence-electron chi connectivity index (χ2n) is 6.42. The second kappa shape index (κ2) is 4.74. The maximum absolute atomic E-state index is 12.2. The van der Waals surface area contributed by atoms with E-state index >= 15 is 0 Å². The van der Waals surface area contributed by atoms with E-state index in [0.29, 0.717) is 11.8 Å². The fourth-order valence-electron chi connectivity index (χ4n) is 2.10. The van der Waals surface area contributed by atoms with Gasteiger partial charge in [0, 0.05) is 13.1 Å². The third-order valence-corrected chi connectivity index (χ3v) is 3.68. The van der Waals surface area contributed by atoms with Crippen molar-refractivity contribution >= 4 is 5.91 Å². The van der Waals surface area contributed by atoms with E-state index in [-0.39, 0.29) is 17.4 Å². The fraction of sp³-hybridized carbons (Fsp3) is 0.923. The van der Waals surface area contributed by atoms with E-state index in [1.807, 2.05) is 25.7 Å². The first kappa shape index (κ1) is 13.5. The molecule has 1 saturated heterocycles. The van der Waals surface area contributed by atoms with Crippen molar-refractivity contribution in [2.45, 2.75) is 47.1 Å². The zero-order chi connectivity index (χ0) is 12.5. The predicted octanol–water partition coefficient (Wildman–Crippen LogP) is 1.86. The molecule has 2 N–H and O–H groups in total. The lowest BCUT2D eigenvalue weighted by atomic mass is 9.86. The SMILES string of the molecule is CC(C)C1CCN(C(=O)[C@H](N)C(C)(C)C)C1. The van der Waals surface area contributed by atoms with Gasteiger partial charge in [-0.05, 0) is 23.7 Å². The Morgan fingerprint density at radius 3 is 2.31 bits per heavy atom. The van der Waals surface area contributed by atoms with Crippen LogP contribution >= 0.6 is 0 Å². The number of carbonyl (C=O) groups excluding carboxylic acids is 1. The largest absolute Gasteiger partial charge is 0.341 e. The first-order chi connectivity index (χ1) is 7.23. The molecule has 0 aromatic carbocycles. The zero-order valence-electron chi connectivity index (χ0n) is 11.3. The maximum atomic E-state index is 12.2. The van der Waals surface area contributed by atoms with Gasteiger partial charge in [0.15, 0.2) is 0 Å². The smallest absolute Gasteiger partial charge is 0.240 e. The van der Waals surface area contributed by atoms with Crippen molar-refractivity contribution in [1.29, 1.82) is 0 Å². The highest BCUT2D eigenvalue weighted by Crippen LogP contribution is 2.26. The normalized spacial score (nSPS) is 23.9. The molecule has 1 aliphatic rings. The van der Waals surface area contributed by atoms with Crippen molar-refractivity contribution in [2.24, 2.45) is 23.0 Å². The third kappa shape index (κ3) is 2.97. The van der Waals surface area contributed by atoms with Crippen LogP contribution in [-0.2, 0) is 4.79 Å². The van der Waals surface area contributed by atoms with E-state index in [9.17, 15) is 4.79 Å². The molecule has 3 heteroatoms. The molecule has 0 radical (unpaired) electrons. The van der Waals surface area contributed by atoms with Gasteiger partial charge in [-0.1, -0.05) is 34.6 Å². The van der Waals surface area contributed by atoms with Crippen molar-refractivity contribution < 1.29 is 4.79 Å². The number of nitrogens with two attached hydrogens (primary N) is 1. The van der Waals surface area contributed by atoms with Crippen molar-refractivity contribution in [1.82, 2.24) is 4.90 Å². The summed E-state index contributed by atoms with van der Waals surface area (Å²) in [6.07, 6.45) is 1.13. The number of amides is 1. The van der Waals surface area contributed by atoms with Gasteiger partial charge in [-0.3, -0.25) is 4.79 Å². The Morgan fingerprint density at radius 2 is 1.94 bits per heavy atom. The molecular weight excluding hydrogens is 200 g/mol. The summed E-state index contributed by atoms with van der Waals surface area (Å²) < 4.78 is 0. The lowest BCUT2D eigenvalue weighted by Crippen LogP contribution is -2.49. The average molecular weight is 226 g/mol. The minimum Gasteiger partial charge on any atom is -0.341 e. The number of hydrogen-bond acceptors (Lipinski definition) is 2. The van der Waals surface area contributed by atoms with E-state index in [1.165, 1.54) is 0 Å². The van der Waals surface area contributed by atoms with Gasteiger partial charge >= 0.3 is 0 Å². The Hall–Kier alpha value is -0.570. The summed E-state index contributed by atoms with van der Waals surface area (Å²) in [6, 6.07) is -0.376. The molecule has 1 heterocycles. The minimum absolute atomic E-state index is 0.121. The minimum atomic E-state index is -0.376. The van der Waals surface area contributed by atoms with Gasteiger partial charge in [-0.2, -0.15) is 0 Å². The molecule has 0 aromatic heterocycles. The van der Waals surface area contributed by atoms with Gasteiger partial charge in [-0.15, -0.1) is 0 Å². The summed E-state index contributed by atoms with van der Waals surface area (Å²) in [5, 5.41) is 0. The topological polar surface area (TPSA) is 46.3 Å². The van der Waals surface area contributed by atoms with Crippen LogP contribution in [0.2, 0.25) is 0 Å². The van der Waals surface area contributed by atoms with Crippen LogP contribution in [0, 0.1) is 17.3 Å². The summed E-state index contributed by atoms with van der Waals surface area (Å²) in [5.74, 6) is 1.43. The number of carbonyl (C=O) groups is 1. The van der Waals surface area contributed by atoms with Crippen LogP contribution in [0.5, 0.6) is 0 Å². The summed E-state index contributed by atoms with van der Waals surface area (Å²) in [4.78, 5) is 14.1. The van der Waals surface area contributed by atoms with Gasteiger partial charge in [0.2, 0.25) is 5.91 Å². The zero-order valence-corrected chi connectivity index (χ0v) is 11.3. The highest BCUT2D eigenvalue weighted by Gasteiger charge is 2.35. The highest BCUT2D eigenvalue weighted by molar-refractivity contribution is 5.82. The molecule has 1 aliphatic heterocycles. The predicted molar refractivity (Wildman–Crippen MR) is 67.0 cm³/mol. The second-order valence-corrected chi connectivity index (χ2v) is 6.42. The van der Waals surface area contributed by atoms with Gasteiger partial charge in [-0.25, -0.2) is 0 Å². The molecule has 1 amide bonds. The maximum Gasteiger partial charge on any atom is 0.240 e. The fourth-order valence-corrected chi connectivity index (χ4v) is 2.10. The molecule has 0 bridgehead atoms. The summed E-state index contributed by atoms with van der Waals surface area (Å²) in [5.41, 5.74) is 5.86. The van der Waals surface area contributed by atoms with Gasteiger partial charge in [0.25, 0.3) is 0 Å². The Labute approximate surface area is 99.4 Å². The highest BCUT2D eigenvalue weighted by atomic mass is 16.2. The van der Waals surface area contributed by atoms with E-state index in [0.717, 1.165) is 19.5 Å². The molecule has 2 atom stereocenters. The van der Waals surface area contributed by atoms with Crippen LogP contribution < -0.4 is 5.73 Å². The Balaban J connectivity index is 2.58. The first-order valence-electron chi connectivity index (χ1n) is 6.28. The Kier molecular flexibility index (Phi) is 4.00. The summed E-state index contributed by atoms with van der Waals surface area (Å²) >= 11 is 0. The summed E-state index contributed by atoms with van der Waals surface area (Å²) in [7, 11) is 0. The van der Waals surface area contributed by atoms with Crippen molar-refractivity contribution in [3.8, 4) is 0 Å². The standard InChI is InChI=1S/C13H26N2O/c1-9(2)10-6-7-15(8-10)12(16)11(14)13(3,4)5/h9-11H,6-8,14H2,1-5H3/t10?,11-/m0/s1. The molecule has 1 unspecified atom stereocenters. The Bertz CT molecular complexity index is 255. The van der Waals surface area contributed by atoms with E-state index in [4.69, 9.17) is 5.73 Å². The van der Waals surface area contributed by atoms with E-state index in [2.05, 4.69) is 13.8 Å². The van der Waals surface area contributed by atoms with Crippen molar-refractivity contribution in [3.63, 3.8) is 0 Å². The lowest BCUT2D eigenvalue weighted by Gasteiger charge is -2.30. The van der Waals surface area contributed by atoms with E-state index < -0.39 is 0 Å². The first-order valence-corrected chi connectivity index (χ1v) is 6.28.